The fourth-order valence-corrected chi connectivity index (χ4v) is 3.55. The van der Waals surface area contributed by atoms with Gasteiger partial charge in [-0.2, -0.15) is 5.10 Å². The number of ether oxygens (including phenoxy) is 2. The lowest BCUT2D eigenvalue weighted by molar-refractivity contribution is -0.131. The van der Waals surface area contributed by atoms with Crippen molar-refractivity contribution < 1.29 is 19.1 Å². The molecule has 0 spiro atoms. The van der Waals surface area contributed by atoms with Gasteiger partial charge in [-0.15, -0.1) is 5.01 Å². The average molecular weight is 403 g/mol. The Balaban J connectivity index is 1.69. The quantitative estimate of drug-likeness (QED) is 0.521. The second-order valence-electron chi connectivity index (χ2n) is 7.05. The standard InChI is InChI=1S/C23H21N3O4/c1-23(16-9-11-17(29-2)12-10-16)21(27)26(22(28)25-23)24-14-19-18-7-5-4-6-15(18)8-13-20(19)30-3/h4-14H,1-3H3,(H,25,28)/t23-/m1/s1. The molecule has 1 saturated heterocycles. The minimum absolute atomic E-state index is 0.465. The van der Waals surface area contributed by atoms with Crippen molar-refractivity contribution in [1.29, 1.82) is 0 Å². The molecule has 3 aromatic rings. The van der Waals surface area contributed by atoms with Gasteiger partial charge in [-0.05, 0) is 41.5 Å². The maximum atomic E-state index is 13.1. The Labute approximate surface area is 173 Å². The number of carbonyl (C=O) groups is 2. The Morgan fingerprint density at radius 1 is 0.967 bits per heavy atom. The van der Waals surface area contributed by atoms with Crippen LogP contribution < -0.4 is 14.8 Å². The van der Waals surface area contributed by atoms with Crippen LogP contribution in [0.25, 0.3) is 10.8 Å². The van der Waals surface area contributed by atoms with E-state index in [1.165, 1.54) is 6.21 Å². The minimum Gasteiger partial charge on any atom is -0.497 e. The molecule has 0 aliphatic carbocycles. The van der Waals surface area contributed by atoms with E-state index in [0.717, 1.165) is 15.8 Å². The van der Waals surface area contributed by atoms with E-state index in [4.69, 9.17) is 9.47 Å². The Morgan fingerprint density at radius 2 is 1.70 bits per heavy atom. The molecule has 0 bridgehead atoms. The van der Waals surface area contributed by atoms with Crippen molar-refractivity contribution in [2.24, 2.45) is 5.10 Å². The number of carbonyl (C=O) groups excluding carboxylic acids is 2. The monoisotopic (exact) mass is 403 g/mol. The number of urea groups is 1. The molecule has 0 unspecified atom stereocenters. The summed E-state index contributed by atoms with van der Waals surface area (Å²) in [6, 6.07) is 17.9. The fourth-order valence-electron chi connectivity index (χ4n) is 3.55. The number of methoxy groups -OCH3 is 2. The van der Waals surface area contributed by atoms with E-state index in [9.17, 15) is 9.59 Å². The summed E-state index contributed by atoms with van der Waals surface area (Å²) in [5, 5.41) is 9.71. The fraction of sp³-hybridized carbons (Fsp3) is 0.174. The molecule has 1 aliphatic heterocycles. The van der Waals surface area contributed by atoms with Gasteiger partial charge in [-0.3, -0.25) is 4.79 Å². The van der Waals surface area contributed by atoms with Crippen LogP contribution >= 0.6 is 0 Å². The van der Waals surface area contributed by atoms with Crippen molar-refractivity contribution in [2.75, 3.05) is 14.2 Å². The van der Waals surface area contributed by atoms with Crippen LogP contribution in [0.3, 0.4) is 0 Å². The summed E-state index contributed by atoms with van der Waals surface area (Å²) in [6.45, 7) is 1.66. The number of benzene rings is 3. The maximum absolute atomic E-state index is 13.1. The van der Waals surface area contributed by atoms with E-state index < -0.39 is 17.5 Å². The first-order valence-electron chi connectivity index (χ1n) is 9.39. The molecule has 30 heavy (non-hydrogen) atoms. The predicted molar refractivity (Wildman–Crippen MR) is 114 cm³/mol. The highest BCUT2D eigenvalue weighted by atomic mass is 16.5. The van der Waals surface area contributed by atoms with E-state index >= 15 is 0 Å². The number of hydrazone groups is 1. The third kappa shape index (κ3) is 3.14. The molecule has 1 N–H and O–H groups in total. The lowest BCUT2D eigenvalue weighted by Crippen LogP contribution is -2.40. The van der Waals surface area contributed by atoms with Crippen molar-refractivity contribution >= 4 is 28.9 Å². The number of fused-ring (bicyclic) bond motifs is 1. The van der Waals surface area contributed by atoms with Crippen LogP contribution in [0.15, 0.2) is 65.8 Å². The highest BCUT2D eigenvalue weighted by molar-refractivity contribution is 6.09. The van der Waals surface area contributed by atoms with Crippen LogP contribution in [-0.4, -0.2) is 37.4 Å². The van der Waals surface area contributed by atoms with Crippen LogP contribution in [0.5, 0.6) is 11.5 Å². The first-order chi connectivity index (χ1) is 14.5. The highest BCUT2D eigenvalue weighted by Crippen LogP contribution is 2.31. The Kier molecular flexibility index (Phi) is 4.87. The van der Waals surface area contributed by atoms with Gasteiger partial charge in [0.15, 0.2) is 0 Å². The lowest BCUT2D eigenvalue weighted by Gasteiger charge is -2.21. The molecule has 152 valence electrons. The molecular weight excluding hydrogens is 382 g/mol. The number of hydrogen-bond acceptors (Lipinski definition) is 5. The van der Waals surface area contributed by atoms with Gasteiger partial charge in [0.1, 0.15) is 17.0 Å². The molecule has 0 aromatic heterocycles. The van der Waals surface area contributed by atoms with Crippen LogP contribution in [0.2, 0.25) is 0 Å². The van der Waals surface area contributed by atoms with Crippen molar-refractivity contribution in [2.45, 2.75) is 12.5 Å². The molecule has 7 heteroatoms. The second-order valence-corrected chi connectivity index (χ2v) is 7.05. The Bertz CT molecular complexity index is 1160. The Morgan fingerprint density at radius 3 is 2.40 bits per heavy atom. The van der Waals surface area contributed by atoms with Gasteiger partial charge in [0.05, 0.1) is 20.4 Å². The average Bonchev–Trinajstić information content (AvgIpc) is 3.00. The predicted octanol–water partition coefficient (Wildman–Crippen LogP) is 3.66. The van der Waals surface area contributed by atoms with Crippen molar-refractivity contribution in [3.8, 4) is 11.5 Å². The van der Waals surface area contributed by atoms with Crippen LogP contribution in [0, 0.1) is 0 Å². The number of amides is 3. The van der Waals surface area contributed by atoms with E-state index in [0.29, 0.717) is 22.6 Å². The summed E-state index contributed by atoms with van der Waals surface area (Å²) in [5.74, 6) is 0.799. The normalized spacial score (nSPS) is 18.8. The first kappa shape index (κ1) is 19.4. The molecule has 7 nitrogen and oxygen atoms in total. The molecular formula is C23H21N3O4. The zero-order valence-electron chi connectivity index (χ0n) is 16.9. The van der Waals surface area contributed by atoms with Crippen molar-refractivity contribution in [1.82, 2.24) is 10.3 Å². The second kappa shape index (κ2) is 7.51. The zero-order valence-corrected chi connectivity index (χ0v) is 16.9. The molecule has 1 heterocycles. The molecule has 0 radical (unpaired) electrons. The highest BCUT2D eigenvalue weighted by Gasteiger charge is 2.49. The molecule has 0 saturated carbocycles. The van der Waals surface area contributed by atoms with Crippen molar-refractivity contribution in [3.63, 3.8) is 0 Å². The van der Waals surface area contributed by atoms with Gasteiger partial charge >= 0.3 is 6.03 Å². The molecule has 1 fully saturated rings. The maximum Gasteiger partial charge on any atom is 0.346 e. The SMILES string of the molecule is COc1ccc([C@@]2(C)NC(=O)N(N=Cc3c(OC)ccc4ccccc34)C2=O)cc1. The van der Waals surface area contributed by atoms with E-state index in [2.05, 4.69) is 10.4 Å². The van der Waals surface area contributed by atoms with Crippen LogP contribution in [-0.2, 0) is 10.3 Å². The lowest BCUT2D eigenvalue weighted by atomic mass is 9.92. The third-order valence-corrected chi connectivity index (χ3v) is 5.29. The third-order valence-electron chi connectivity index (χ3n) is 5.29. The van der Waals surface area contributed by atoms with Gasteiger partial charge in [0, 0.05) is 5.56 Å². The van der Waals surface area contributed by atoms with E-state index in [1.807, 2.05) is 36.4 Å². The Hall–Kier alpha value is -3.87. The van der Waals surface area contributed by atoms with Gasteiger partial charge in [0.25, 0.3) is 5.91 Å². The molecule has 4 rings (SSSR count). The van der Waals surface area contributed by atoms with E-state index in [-0.39, 0.29) is 0 Å². The summed E-state index contributed by atoms with van der Waals surface area (Å²) >= 11 is 0. The van der Waals surface area contributed by atoms with Crippen molar-refractivity contribution in [3.05, 3.63) is 71.8 Å². The summed E-state index contributed by atoms with van der Waals surface area (Å²) in [7, 11) is 3.13. The zero-order chi connectivity index (χ0) is 21.3. The number of rotatable bonds is 5. The van der Waals surface area contributed by atoms with Crippen LogP contribution in [0.1, 0.15) is 18.1 Å². The summed E-state index contributed by atoms with van der Waals surface area (Å²) in [4.78, 5) is 25.7. The summed E-state index contributed by atoms with van der Waals surface area (Å²) in [6.07, 6.45) is 1.48. The van der Waals surface area contributed by atoms with E-state index in [1.54, 1.807) is 45.4 Å². The van der Waals surface area contributed by atoms with Gasteiger partial charge in [-0.1, -0.05) is 42.5 Å². The molecule has 3 amide bonds. The molecule has 1 aliphatic rings. The first-order valence-corrected chi connectivity index (χ1v) is 9.39. The number of imide groups is 1. The van der Waals surface area contributed by atoms with Gasteiger partial charge < -0.3 is 14.8 Å². The minimum atomic E-state index is -1.22. The number of hydrogen-bond donors (Lipinski definition) is 1. The number of nitrogens with one attached hydrogen (secondary N) is 1. The molecule has 1 atom stereocenters. The van der Waals surface area contributed by atoms with Gasteiger partial charge in [-0.25, -0.2) is 4.79 Å². The molecule has 3 aromatic carbocycles. The summed E-state index contributed by atoms with van der Waals surface area (Å²) < 4.78 is 10.6. The van der Waals surface area contributed by atoms with Crippen LogP contribution in [0.4, 0.5) is 4.79 Å². The number of nitrogens with zero attached hydrogens (tertiary/aromatic N) is 2. The van der Waals surface area contributed by atoms with Gasteiger partial charge in [0.2, 0.25) is 0 Å². The topological polar surface area (TPSA) is 80.2 Å². The largest absolute Gasteiger partial charge is 0.497 e. The summed E-state index contributed by atoms with van der Waals surface area (Å²) in [5.41, 5.74) is 0.111. The smallest absolute Gasteiger partial charge is 0.346 e.